The molecule has 3 atom stereocenters. The van der Waals surface area contributed by atoms with Crippen LogP contribution < -0.4 is 21.3 Å². The molecule has 3 aromatic heterocycles. The number of thiophene rings is 1. The summed E-state index contributed by atoms with van der Waals surface area (Å²) in [5.41, 5.74) is 11.4. The Morgan fingerprint density at radius 3 is 2.76 bits per heavy atom. The highest BCUT2D eigenvalue weighted by Crippen LogP contribution is 2.35. The monoisotopic (exact) mass is 462 g/mol. The Morgan fingerprint density at radius 2 is 1.97 bits per heavy atom. The molecular formula is C25H30N6OS. The predicted molar refractivity (Wildman–Crippen MR) is 133 cm³/mol. The van der Waals surface area contributed by atoms with Gasteiger partial charge in [0.1, 0.15) is 15.5 Å². The highest BCUT2D eigenvalue weighted by molar-refractivity contribution is 7.21. The molecule has 0 spiro atoms. The van der Waals surface area contributed by atoms with Crippen LogP contribution in [0.2, 0.25) is 0 Å². The molecule has 3 aromatic rings. The van der Waals surface area contributed by atoms with Crippen molar-refractivity contribution in [2.75, 3.05) is 23.7 Å². The van der Waals surface area contributed by atoms with Crippen molar-refractivity contribution >= 4 is 39.0 Å². The van der Waals surface area contributed by atoms with E-state index in [9.17, 15) is 4.79 Å². The summed E-state index contributed by atoms with van der Waals surface area (Å²) in [6.07, 6.45) is 5.13. The third-order valence-corrected chi connectivity index (χ3v) is 8.45. The number of nitrogens with zero attached hydrogens (tertiary/aromatic N) is 3. The zero-order valence-corrected chi connectivity index (χ0v) is 20.0. The number of fused-ring (bicyclic) bond motifs is 4. The molecule has 0 aromatic carbocycles. The topological polar surface area (TPSA) is 96.2 Å². The summed E-state index contributed by atoms with van der Waals surface area (Å²) in [5.74, 6) is 1.01. The Hall–Kier alpha value is -2.71. The minimum absolute atomic E-state index is 0.0908. The molecule has 6 rings (SSSR count). The van der Waals surface area contributed by atoms with Gasteiger partial charge in [0.2, 0.25) is 0 Å². The molecule has 0 radical (unpaired) electrons. The second-order valence-electron chi connectivity index (χ2n) is 9.84. The fourth-order valence-electron chi connectivity index (χ4n) is 5.77. The van der Waals surface area contributed by atoms with Crippen LogP contribution in [0.4, 0.5) is 11.5 Å². The zero-order valence-electron chi connectivity index (χ0n) is 19.1. The Labute approximate surface area is 197 Å². The lowest BCUT2D eigenvalue weighted by Crippen LogP contribution is -2.51. The van der Waals surface area contributed by atoms with E-state index in [1.165, 1.54) is 35.4 Å². The fourth-order valence-corrected chi connectivity index (χ4v) is 6.89. The second kappa shape index (κ2) is 7.95. The number of hydrogen-bond acceptors (Lipinski definition) is 7. The van der Waals surface area contributed by atoms with E-state index in [-0.39, 0.29) is 11.9 Å². The number of rotatable bonds is 3. The third-order valence-electron chi connectivity index (χ3n) is 7.36. The van der Waals surface area contributed by atoms with Crippen molar-refractivity contribution in [3.8, 4) is 0 Å². The number of aryl methyl sites for hydroxylation is 3. The lowest BCUT2D eigenvalue weighted by Gasteiger charge is -2.34. The number of amides is 1. The molecule has 1 aliphatic carbocycles. The fraction of sp³-hybridized carbons (Fsp3) is 0.480. The van der Waals surface area contributed by atoms with Crippen LogP contribution in [0.25, 0.3) is 10.2 Å². The summed E-state index contributed by atoms with van der Waals surface area (Å²) < 4.78 is 0. The quantitative estimate of drug-likeness (QED) is 0.554. The maximum absolute atomic E-state index is 13.1. The van der Waals surface area contributed by atoms with Crippen molar-refractivity contribution in [2.24, 2.45) is 0 Å². The van der Waals surface area contributed by atoms with Crippen LogP contribution in [-0.4, -0.2) is 47.1 Å². The number of aromatic nitrogens is 2. The molecule has 2 bridgehead atoms. The lowest BCUT2D eigenvalue weighted by molar-refractivity contribution is 0.0938. The average molecular weight is 463 g/mol. The number of nitrogen functional groups attached to an aromatic ring is 1. The summed E-state index contributed by atoms with van der Waals surface area (Å²) in [6, 6.07) is 7.68. The minimum Gasteiger partial charge on any atom is -0.397 e. The van der Waals surface area contributed by atoms with E-state index in [2.05, 4.69) is 32.7 Å². The molecule has 0 saturated carbocycles. The summed E-state index contributed by atoms with van der Waals surface area (Å²) in [7, 11) is 0. The summed E-state index contributed by atoms with van der Waals surface area (Å²) in [4.78, 5) is 26.6. The van der Waals surface area contributed by atoms with Gasteiger partial charge in [-0.2, -0.15) is 0 Å². The predicted octanol–water partition coefficient (Wildman–Crippen LogP) is 3.12. The van der Waals surface area contributed by atoms with Gasteiger partial charge in [-0.25, -0.2) is 9.97 Å². The van der Waals surface area contributed by atoms with Gasteiger partial charge in [0, 0.05) is 48.0 Å². The molecule has 1 amide bonds. The average Bonchev–Trinajstić information content (AvgIpc) is 3.31. The first-order valence-electron chi connectivity index (χ1n) is 11.9. The molecule has 4 N–H and O–H groups in total. The first-order valence-corrected chi connectivity index (χ1v) is 12.7. The second-order valence-corrected chi connectivity index (χ2v) is 10.8. The standard InChI is InChI=1S/C25H30N6OS/c1-13-9-14(2)27-25-21(13)22(26)23(33-25)24(32)29-16-6-7-19-15(10-16)3-8-20(30-19)31-11-17-4-5-18(12-31)28-17/h3,8-9,16-18,28H,4-7,10-12,26H2,1-2H3,(H,29,32)/t16-,17?,18?/m0/s1. The van der Waals surface area contributed by atoms with Crippen LogP contribution in [0.5, 0.6) is 0 Å². The van der Waals surface area contributed by atoms with Gasteiger partial charge in [0.15, 0.2) is 0 Å². The van der Waals surface area contributed by atoms with E-state index in [1.807, 2.05) is 19.9 Å². The van der Waals surface area contributed by atoms with Crippen LogP contribution >= 0.6 is 11.3 Å². The van der Waals surface area contributed by atoms with Crippen LogP contribution in [0.15, 0.2) is 18.2 Å². The highest BCUT2D eigenvalue weighted by Gasteiger charge is 2.33. The van der Waals surface area contributed by atoms with Crippen LogP contribution in [-0.2, 0) is 12.8 Å². The Morgan fingerprint density at radius 1 is 1.18 bits per heavy atom. The maximum Gasteiger partial charge on any atom is 0.263 e. The smallest absolute Gasteiger partial charge is 0.263 e. The van der Waals surface area contributed by atoms with E-state index in [1.54, 1.807) is 0 Å². The number of nitrogens with one attached hydrogen (secondary N) is 2. The Kier molecular flexibility index (Phi) is 5.03. The molecule has 2 saturated heterocycles. The van der Waals surface area contributed by atoms with Crippen molar-refractivity contribution in [2.45, 2.75) is 64.1 Å². The highest BCUT2D eigenvalue weighted by atomic mass is 32.1. The SMILES string of the molecule is Cc1cc(C)c2c(N)c(C(=O)N[C@H]3CCc4nc(N5CC6CCC(C5)N6)ccc4C3)sc2n1. The van der Waals surface area contributed by atoms with E-state index in [4.69, 9.17) is 10.7 Å². The van der Waals surface area contributed by atoms with Gasteiger partial charge in [0.25, 0.3) is 5.91 Å². The summed E-state index contributed by atoms with van der Waals surface area (Å²) in [5, 5.41) is 7.82. The van der Waals surface area contributed by atoms with Crippen LogP contribution in [0.3, 0.4) is 0 Å². The lowest BCUT2D eigenvalue weighted by atomic mass is 9.91. The van der Waals surface area contributed by atoms with Crippen molar-refractivity contribution < 1.29 is 4.79 Å². The van der Waals surface area contributed by atoms with Gasteiger partial charge >= 0.3 is 0 Å². The minimum atomic E-state index is -0.0955. The largest absolute Gasteiger partial charge is 0.397 e. The number of nitrogens with two attached hydrogens (primary N) is 1. The van der Waals surface area contributed by atoms with E-state index < -0.39 is 0 Å². The molecule has 7 nitrogen and oxygen atoms in total. The molecule has 2 unspecified atom stereocenters. The van der Waals surface area contributed by atoms with Gasteiger partial charge in [0.05, 0.1) is 5.69 Å². The van der Waals surface area contributed by atoms with Gasteiger partial charge in [-0.3, -0.25) is 4.79 Å². The van der Waals surface area contributed by atoms with Crippen LogP contribution in [0, 0.1) is 13.8 Å². The van der Waals surface area contributed by atoms with Gasteiger partial charge in [-0.1, -0.05) is 6.07 Å². The molecule has 2 aliphatic heterocycles. The van der Waals surface area contributed by atoms with Gasteiger partial charge < -0.3 is 21.3 Å². The molecule has 2 fully saturated rings. The number of piperazine rings is 1. The van der Waals surface area contributed by atoms with Gasteiger partial charge in [-0.15, -0.1) is 11.3 Å². The number of pyridine rings is 2. The maximum atomic E-state index is 13.1. The van der Waals surface area contributed by atoms with E-state index >= 15 is 0 Å². The Balaban J connectivity index is 1.17. The van der Waals surface area contributed by atoms with Crippen molar-refractivity contribution in [3.63, 3.8) is 0 Å². The number of anilines is 2. The first-order chi connectivity index (χ1) is 15.9. The molecule has 33 heavy (non-hydrogen) atoms. The van der Waals surface area contributed by atoms with Crippen molar-refractivity contribution in [1.82, 2.24) is 20.6 Å². The normalized spacial score (nSPS) is 24.2. The molecular weight excluding hydrogens is 432 g/mol. The van der Waals surface area contributed by atoms with E-state index in [0.29, 0.717) is 22.6 Å². The van der Waals surface area contributed by atoms with E-state index in [0.717, 1.165) is 59.6 Å². The van der Waals surface area contributed by atoms with Crippen molar-refractivity contribution in [3.05, 3.63) is 45.6 Å². The molecule has 172 valence electrons. The molecule has 8 heteroatoms. The number of carbonyl (C=O) groups is 1. The molecule has 3 aliphatic rings. The third kappa shape index (κ3) is 3.75. The summed E-state index contributed by atoms with van der Waals surface area (Å²) >= 11 is 1.39. The first kappa shape index (κ1) is 20.9. The van der Waals surface area contributed by atoms with Crippen LogP contribution in [0.1, 0.15) is 51.4 Å². The van der Waals surface area contributed by atoms with Crippen molar-refractivity contribution in [1.29, 1.82) is 0 Å². The number of carbonyl (C=O) groups excluding carboxylic acids is 1. The van der Waals surface area contributed by atoms with Gasteiger partial charge in [-0.05, 0) is 69.2 Å². The number of hydrogen-bond donors (Lipinski definition) is 3. The molecule has 5 heterocycles. The zero-order chi connectivity index (χ0) is 22.7. The Bertz CT molecular complexity index is 1240. The summed E-state index contributed by atoms with van der Waals surface area (Å²) in [6.45, 7) is 6.08.